The fourth-order valence-electron chi connectivity index (χ4n) is 3.42. The molecule has 4 N–H and O–H groups in total. The van der Waals surface area contributed by atoms with E-state index in [0.29, 0.717) is 10.8 Å². The first kappa shape index (κ1) is 26.5. The molecule has 0 bridgehead atoms. The van der Waals surface area contributed by atoms with Crippen molar-refractivity contribution in [1.29, 1.82) is 0 Å². The van der Waals surface area contributed by atoms with Crippen molar-refractivity contribution in [3.05, 3.63) is 100 Å². The van der Waals surface area contributed by atoms with Gasteiger partial charge in [0.15, 0.2) is 0 Å². The number of carbonyl (C=O) groups is 4. The summed E-state index contributed by atoms with van der Waals surface area (Å²) in [5.74, 6) is -3.68. The van der Waals surface area contributed by atoms with Crippen LogP contribution >= 0.6 is 23.1 Å². The van der Waals surface area contributed by atoms with Crippen molar-refractivity contribution in [1.82, 2.24) is 10.2 Å². The molecule has 38 heavy (non-hydrogen) atoms. The average Bonchev–Trinajstić information content (AvgIpc) is 3.32. The molecule has 0 fully saturated rings. The number of carboxylic acid groups (broad SMARTS) is 2. The van der Waals surface area contributed by atoms with E-state index in [1.54, 1.807) is 31.2 Å². The molecular weight excluding hydrogens is 528 g/mol. The van der Waals surface area contributed by atoms with E-state index in [9.17, 15) is 24.3 Å². The van der Waals surface area contributed by atoms with Gasteiger partial charge in [0.1, 0.15) is 10.3 Å². The molecule has 0 aliphatic heterocycles. The van der Waals surface area contributed by atoms with E-state index in [2.05, 4.69) is 20.8 Å². The number of hydrogen-bond acceptors (Lipinski definition) is 8. The van der Waals surface area contributed by atoms with Crippen LogP contribution in [0.15, 0.2) is 77.7 Å². The first-order valence-electron chi connectivity index (χ1n) is 11.1. The second kappa shape index (κ2) is 11.7. The summed E-state index contributed by atoms with van der Waals surface area (Å²) < 4.78 is 0. The molecule has 0 radical (unpaired) electrons. The van der Waals surface area contributed by atoms with Crippen molar-refractivity contribution < 1.29 is 29.4 Å². The first-order chi connectivity index (χ1) is 18.2. The monoisotopic (exact) mass is 548 g/mol. The Kier molecular flexibility index (Phi) is 8.14. The lowest BCUT2D eigenvalue weighted by molar-refractivity contribution is -0.115. The van der Waals surface area contributed by atoms with Crippen LogP contribution in [-0.4, -0.2) is 44.2 Å². The number of nitrogens with zero attached hydrogens (tertiary/aromatic N) is 2. The van der Waals surface area contributed by atoms with Crippen LogP contribution in [0.2, 0.25) is 0 Å². The maximum absolute atomic E-state index is 13.1. The lowest BCUT2D eigenvalue weighted by atomic mass is 10.0. The molecule has 0 aliphatic carbocycles. The molecule has 1 unspecified atom stereocenters. The lowest BCUT2D eigenvalue weighted by Crippen LogP contribution is -2.19. The maximum atomic E-state index is 13.1. The molecule has 4 aromatic rings. The molecule has 0 saturated heterocycles. The summed E-state index contributed by atoms with van der Waals surface area (Å²) in [6.07, 6.45) is 0. The summed E-state index contributed by atoms with van der Waals surface area (Å²) in [7, 11) is 0. The Balaban J connectivity index is 1.50. The number of aromatic carboxylic acids is 2. The molecule has 12 heteroatoms. The smallest absolute Gasteiger partial charge is 0.336 e. The van der Waals surface area contributed by atoms with Gasteiger partial charge in [-0.05, 0) is 55.0 Å². The van der Waals surface area contributed by atoms with Crippen molar-refractivity contribution in [3.8, 4) is 0 Å². The lowest BCUT2D eigenvalue weighted by Gasteiger charge is -2.16. The number of aromatic nitrogens is 2. The predicted octanol–water partition coefficient (Wildman–Crippen LogP) is 4.97. The number of amides is 2. The van der Waals surface area contributed by atoms with Crippen molar-refractivity contribution in [2.45, 2.75) is 17.1 Å². The van der Waals surface area contributed by atoms with Gasteiger partial charge in [0, 0.05) is 10.6 Å². The zero-order valence-corrected chi connectivity index (χ0v) is 21.4. The molecule has 4 rings (SSSR count). The predicted molar refractivity (Wildman–Crippen MR) is 143 cm³/mol. The third-order valence-corrected chi connectivity index (χ3v) is 7.22. The van der Waals surface area contributed by atoms with Gasteiger partial charge in [-0.25, -0.2) is 9.59 Å². The minimum absolute atomic E-state index is 0.173. The highest BCUT2D eigenvalue weighted by Gasteiger charge is 2.24. The minimum Gasteiger partial charge on any atom is -0.478 e. The topological polar surface area (TPSA) is 159 Å². The Bertz CT molecular complexity index is 1510. The van der Waals surface area contributed by atoms with Crippen LogP contribution in [0, 0.1) is 6.92 Å². The number of carbonyl (C=O) groups excluding carboxylic acids is 2. The number of rotatable bonds is 9. The standard InChI is InChI=1S/C26H20N4O6S2/c1-14-29-30-26(37-14)28-23(32)21(15-5-3-2-4-6-15)38-18-10-8-17(9-11-18)27-22(31)19-12-7-16(24(33)34)13-20(19)25(35)36/h2-13,21H,1H3,(H,27,31)(H,33,34)(H,35,36)(H,28,30,32). The average molecular weight is 549 g/mol. The summed E-state index contributed by atoms with van der Waals surface area (Å²) >= 11 is 2.59. The fourth-order valence-corrected chi connectivity index (χ4v) is 5.04. The van der Waals surface area contributed by atoms with E-state index in [-0.39, 0.29) is 17.0 Å². The molecule has 2 amide bonds. The van der Waals surface area contributed by atoms with Crippen LogP contribution in [0.4, 0.5) is 10.8 Å². The van der Waals surface area contributed by atoms with Gasteiger partial charge in [0.2, 0.25) is 11.0 Å². The van der Waals surface area contributed by atoms with Crippen molar-refractivity contribution in [2.75, 3.05) is 10.6 Å². The molecule has 3 aromatic carbocycles. The van der Waals surface area contributed by atoms with Gasteiger partial charge >= 0.3 is 11.9 Å². The highest BCUT2D eigenvalue weighted by molar-refractivity contribution is 8.00. The second-order valence-electron chi connectivity index (χ2n) is 7.87. The van der Waals surface area contributed by atoms with E-state index < -0.39 is 28.7 Å². The number of thioether (sulfide) groups is 1. The van der Waals surface area contributed by atoms with Crippen LogP contribution in [0.5, 0.6) is 0 Å². The number of benzene rings is 3. The Morgan fingerprint density at radius 2 is 1.55 bits per heavy atom. The van der Waals surface area contributed by atoms with E-state index in [4.69, 9.17) is 5.11 Å². The van der Waals surface area contributed by atoms with Crippen molar-refractivity contribution >= 4 is 57.7 Å². The number of hydrogen-bond donors (Lipinski definition) is 4. The van der Waals surface area contributed by atoms with Gasteiger partial charge in [0.25, 0.3) is 5.91 Å². The summed E-state index contributed by atoms with van der Waals surface area (Å²) in [5, 5.41) is 32.4. The molecule has 0 aliphatic rings. The molecule has 1 aromatic heterocycles. The van der Waals surface area contributed by atoms with Gasteiger partial charge in [0.05, 0.1) is 16.7 Å². The number of anilines is 2. The van der Waals surface area contributed by atoms with Gasteiger partial charge in [-0.1, -0.05) is 41.7 Å². The van der Waals surface area contributed by atoms with Gasteiger partial charge in [-0.3, -0.25) is 14.9 Å². The van der Waals surface area contributed by atoms with Gasteiger partial charge < -0.3 is 15.5 Å². The molecular formula is C26H20N4O6S2. The summed E-state index contributed by atoms with van der Waals surface area (Å²) in [4.78, 5) is 49.3. The van der Waals surface area contributed by atoms with E-state index in [1.165, 1.54) is 29.2 Å². The quantitative estimate of drug-likeness (QED) is 0.212. The number of carboxylic acids is 2. The molecule has 10 nitrogen and oxygen atoms in total. The molecule has 192 valence electrons. The van der Waals surface area contributed by atoms with E-state index in [0.717, 1.165) is 27.6 Å². The normalized spacial score (nSPS) is 11.4. The third-order valence-electron chi connectivity index (χ3n) is 5.20. The van der Waals surface area contributed by atoms with E-state index in [1.807, 2.05) is 30.3 Å². The van der Waals surface area contributed by atoms with E-state index >= 15 is 0 Å². The van der Waals surface area contributed by atoms with Gasteiger partial charge in [-0.15, -0.1) is 22.0 Å². The maximum Gasteiger partial charge on any atom is 0.336 e. The molecule has 1 atom stereocenters. The highest BCUT2D eigenvalue weighted by atomic mass is 32.2. The van der Waals surface area contributed by atoms with Crippen LogP contribution in [0.1, 0.15) is 46.9 Å². The fraction of sp³-hybridized carbons (Fsp3) is 0.0769. The van der Waals surface area contributed by atoms with Crippen LogP contribution in [0.3, 0.4) is 0 Å². The van der Waals surface area contributed by atoms with Crippen LogP contribution in [0.25, 0.3) is 0 Å². The number of aryl methyl sites for hydroxylation is 1. The third kappa shape index (κ3) is 6.41. The van der Waals surface area contributed by atoms with Crippen LogP contribution in [-0.2, 0) is 4.79 Å². The summed E-state index contributed by atoms with van der Waals surface area (Å²) in [5.41, 5.74) is 0.354. The number of nitrogens with one attached hydrogen (secondary N) is 2. The Morgan fingerprint density at radius 3 is 2.16 bits per heavy atom. The Labute approximate surface area is 224 Å². The zero-order valence-electron chi connectivity index (χ0n) is 19.7. The highest BCUT2D eigenvalue weighted by Crippen LogP contribution is 2.37. The second-order valence-corrected chi connectivity index (χ2v) is 10.2. The van der Waals surface area contributed by atoms with Crippen LogP contribution < -0.4 is 10.6 Å². The first-order valence-corrected chi connectivity index (χ1v) is 12.8. The minimum atomic E-state index is -1.42. The molecule has 1 heterocycles. The largest absolute Gasteiger partial charge is 0.478 e. The SMILES string of the molecule is Cc1nnc(NC(=O)C(Sc2ccc(NC(=O)c3ccc(C(=O)O)cc3C(=O)O)cc2)c2ccccc2)s1. The summed E-state index contributed by atoms with van der Waals surface area (Å²) in [6.45, 7) is 1.80. The Morgan fingerprint density at radius 1 is 0.842 bits per heavy atom. The summed E-state index contributed by atoms with van der Waals surface area (Å²) in [6, 6.07) is 19.2. The Hall–Kier alpha value is -4.55. The molecule has 0 saturated carbocycles. The van der Waals surface area contributed by atoms with Gasteiger partial charge in [-0.2, -0.15) is 0 Å². The van der Waals surface area contributed by atoms with Crippen molar-refractivity contribution in [3.63, 3.8) is 0 Å². The zero-order chi connectivity index (χ0) is 27.2. The van der Waals surface area contributed by atoms with Crippen molar-refractivity contribution in [2.24, 2.45) is 0 Å². The molecule has 0 spiro atoms.